The first-order valence-electron chi connectivity index (χ1n) is 11.7. The molecule has 0 unspecified atom stereocenters. The van der Waals surface area contributed by atoms with Gasteiger partial charge in [-0.1, -0.05) is 6.07 Å². The Hall–Kier alpha value is -3.66. The van der Waals surface area contributed by atoms with Gasteiger partial charge >= 0.3 is 11.7 Å². The Morgan fingerprint density at radius 1 is 1.33 bits per heavy atom. The number of esters is 1. The smallest absolute Gasteiger partial charge is 0.337 e. The van der Waals surface area contributed by atoms with Crippen molar-refractivity contribution in [3.63, 3.8) is 0 Å². The number of thiophene rings is 1. The number of nitro benzene ring substituents is 1. The summed E-state index contributed by atoms with van der Waals surface area (Å²) in [4.78, 5) is 39.0. The van der Waals surface area contributed by atoms with E-state index in [4.69, 9.17) is 9.47 Å². The lowest BCUT2D eigenvalue weighted by Crippen LogP contribution is -2.36. The van der Waals surface area contributed by atoms with E-state index in [1.165, 1.54) is 12.1 Å². The Kier molecular flexibility index (Phi) is 7.16. The van der Waals surface area contributed by atoms with Crippen LogP contribution in [0, 0.1) is 10.1 Å². The average molecular weight is 513 g/mol. The number of nitrogens with one attached hydrogen (secondary N) is 1. The number of phenolic OH excluding ortho intramolecular Hbond substituents is 1. The number of phenols is 1. The van der Waals surface area contributed by atoms with E-state index in [1.807, 2.05) is 17.5 Å². The molecule has 1 aliphatic heterocycles. The molecule has 2 N–H and O–H groups in total. The number of carbonyl (C=O) groups is 2. The molecule has 10 heteroatoms. The molecule has 190 valence electrons. The first-order valence-corrected chi connectivity index (χ1v) is 12.6. The van der Waals surface area contributed by atoms with Gasteiger partial charge in [-0.3, -0.25) is 14.9 Å². The molecule has 0 saturated heterocycles. The number of rotatable bonds is 7. The molecule has 2 aliphatic rings. The minimum Gasteiger partial charge on any atom is -0.500 e. The number of allylic oxidation sites excluding steroid dienone is 3. The van der Waals surface area contributed by atoms with Crippen LogP contribution in [0.2, 0.25) is 0 Å². The number of aromatic hydroxyl groups is 1. The van der Waals surface area contributed by atoms with Gasteiger partial charge in [-0.05, 0) is 57.2 Å². The van der Waals surface area contributed by atoms with Crippen LogP contribution in [0.3, 0.4) is 0 Å². The normalized spacial score (nSPS) is 19.8. The summed E-state index contributed by atoms with van der Waals surface area (Å²) < 4.78 is 11.0. The zero-order valence-corrected chi connectivity index (χ0v) is 21.3. The minimum absolute atomic E-state index is 0.00509. The van der Waals surface area contributed by atoms with Gasteiger partial charge in [0.15, 0.2) is 11.5 Å². The van der Waals surface area contributed by atoms with E-state index in [9.17, 15) is 24.8 Å². The molecule has 1 aromatic carbocycles. The third-order valence-corrected chi connectivity index (χ3v) is 7.28. The van der Waals surface area contributed by atoms with Gasteiger partial charge in [-0.15, -0.1) is 11.3 Å². The molecular formula is C26H28N2O7S. The highest BCUT2D eigenvalue weighted by atomic mass is 32.1. The Bertz CT molecular complexity index is 1280. The number of benzene rings is 1. The van der Waals surface area contributed by atoms with Gasteiger partial charge in [0, 0.05) is 46.2 Å². The molecule has 0 bridgehead atoms. The van der Waals surface area contributed by atoms with Crippen molar-refractivity contribution >= 4 is 28.8 Å². The topological polar surface area (TPSA) is 128 Å². The number of nitrogens with zero attached hydrogens (tertiary/aromatic N) is 1. The predicted octanol–water partition coefficient (Wildman–Crippen LogP) is 5.07. The summed E-state index contributed by atoms with van der Waals surface area (Å²) in [5.74, 6) is -2.38. The lowest BCUT2D eigenvalue weighted by molar-refractivity contribution is -0.386. The molecule has 2 atom stereocenters. The number of Topliss-reactive ketones (excluding diaryl/α,β-unsaturated/α-hetero) is 1. The molecule has 0 radical (unpaired) electrons. The summed E-state index contributed by atoms with van der Waals surface area (Å²) in [6.45, 7) is 7.02. The number of ketones is 1. The van der Waals surface area contributed by atoms with Crippen LogP contribution in [-0.2, 0) is 14.3 Å². The number of dihydropyridines is 1. The highest BCUT2D eigenvalue weighted by Crippen LogP contribution is 2.49. The van der Waals surface area contributed by atoms with Crippen molar-refractivity contribution in [2.75, 3.05) is 6.61 Å². The third kappa shape index (κ3) is 4.73. The van der Waals surface area contributed by atoms with Gasteiger partial charge in [-0.2, -0.15) is 0 Å². The number of nitro groups is 1. The second-order valence-corrected chi connectivity index (χ2v) is 10.0. The lowest BCUT2D eigenvalue weighted by Gasteiger charge is -2.36. The molecule has 2 aromatic rings. The number of carbonyl (C=O) groups excluding carboxylic acids is 2. The predicted molar refractivity (Wildman–Crippen MR) is 134 cm³/mol. The fraction of sp³-hybridized carbons (Fsp3) is 0.385. The van der Waals surface area contributed by atoms with Crippen molar-refractivity contribution in [3.8, 4) is 11.5 Å². The quantitative estimate of drug-likeness (QED) is 0.299. The molecule has 2 heterocycles. The summed E-state index contributed by atoms with van der Waals surface area (Å²) in [5.41, 5.74) is 1.51. The molecule has 1 aromatic heterocycles. The van der Waals surface area contributed by atoms with Crippen molar-refractivity contribution in [1.82, 2.24) is 5.32 Å². The van der Waals surface area contributed by atoms with Crippen LogP contribution in [0.1, 0.15) is 62.8 Å². The van der Waals surface area contributed by atoms with Crippen LogP contribution in [0.4, 0.5) is 5.69 Å². The van der Waals surface area contributed by atoms with Gasteiger partial charge < -0.3 is 19.9 Å². The second-order valence-electron chi connectivity index (χ2n) is 9.06. The molecule has 0 saturated carbocycles. The summed E-state index contributed by atoms with van der Waals surface area (Å²) in [5, 5.41) is 27.4. The number of hydrogen-bond donors (Lipinski definition) is 2. The SMILES string of the molecule is CCOc1cc([C@@H]2C(C(=O)OC(C)C)=C(C)NC3=C2C(=O)C[C@@H](c2cccs2)C3)cc([N+](=O)[O-])c1O. The highest BCUT2D eigenvalue weighted by Gasteiger charge is 2.42. The maximum Gasteiger partial charge on any atom is 0.337 e. The van der Waals surface area contributed by atoms with Gasteiger partial charge in [0.1, 0.15) is 0 Å². The molecule has 1 aliphatic carbocycles. The summed E-state index contributed by atoms with van der Waals surface area (Å²) >= 11 is 1.59. The van der Waals surface area contributed by atoms with Crippen molar-refractivity contribution < 1.29 is 29.1 Å². The molecular weight excluding hydrogens is 484 g/mol. The largest absolute Gasteiger partial charge is 0.500 e. The van der Waals surface area contributed by atoms with Crippen LogP contribution in [0.25, 0.3) is 0 Å². The molecule has 9 nitrogen and oxygen atoms in total. The van der Waals surface area contributed by atoms with Gasteiger partial charge in [0.2, 0.25) is 5.75 Å². The van der Waals surface area contributed by atoms with E-state index in [1.54, 1.807) is 39.0 Å². The summed E-state index contributed by atoms with van der Waals surface area (Å²) in [7, 11) is 0. The van der Waals surface area contributed by atoms with Crippen molar-refractivity contribution in [1.29, 1.82) is 0 Å². The average Bonchev–Trinajstić information content (AvgIpc) is 3.34. The van der Waals surface area contributed by atoms with E-state index < -0.39 is 34.4 Å². The van der Waals surface area contributed by atoms with Crippen LogP contribution in [0.5, 0.6) is 11.5 Å². The Labute approximate surface area is 212 Å². The standard InChI is InChI=1S/C26H28N2O7S/c1-5-34-20-12-16(10-18(25(20)30)28(32)33)23-22(26(31)35-13(2)3)14(4)27-17-9-15(11-19(29)24(17)23)21-7-6-8-36-21/h6-8,10,12-13,15,23,27,30H,5,9,11H2,1-4H3/t15-,23+/m0/s1. The maximum atomic E-state index is 13.6. The first kappa shape index (κ1) is 25.4. The van der Waals surface area contributed by atoms with Gasteiger partial charge in [0.25, 0.3) is 0 Å². The zero-order valence-electron chi connectivity index (χ0n) is 20.5. The van der Waals surface area contributed by atoms with Gasteiger partial charge in [0.05, 0.1) is 23.2 Å². The minimum atomic E-state index is -0.914. The molecule has 4 rings (SSSR count). The first-order chi connectivity index (χ1) is 17.1. The Morgan fingerprint density at radius 3 is 2.69 bits per heavy atom. The highest BCUT2D eigenvalue weighted by molar-refractivity contribution is 7.10. The van der Waals surface area contributed by atoms with Gasteiger partial charge in [-0.25, -0.2) is 4.79 Å². The number of ether oxygens (including phenoxy) is 2. The van der Waals surface area contributed by atoms with E-state index in [-0.39, 0.29) is 36.1 Å². The lowest BCUT2D eigenvalue weighted by atomic mass is 9.72. The maximum absolute atomic E-state index is 13.6. The third-order valence-electron chi connectivity index (χ3n) is 6.24. The van der Waals surface area contributed by atoms with E-state index in [0.717, 1.165) is 4.88 Å². The molecule has 36 heavy (non-hydrogen) atoms. The van der Waals surface area contributed by atoms with Crippen molar-refractivity contribution in [2.24, 2.45) is 0 Å². The Balaban J connectivity index is 1.91. The molecule has 0 amide bonds. The van der Waals surface area contributed by atoms with E-state index in [2.05, 4.69) is 5.32 Å². The second kappa shape index (κ2) is 10.1. The fourth-order valence-corrected chi connectivity index (χ4v) is 5.66. The monoisotopic (exact) mass is 512 g/mol. The van der Waals surface area contributed by atoms with Crippen LogP contribution < -0.4 is 10.1 Å². The fourth-order valence-electron chi connectivity index (χ4n) is 4.83. The van der Waals surface area contributed by atoms with E-state index >= 15 is 0 Å². The summed E-state index contributed by atoms with van der Waals surface area (Å²) in [6.07, 6.45) is 0.398. The van der Waals surface area contributed by atoms with Crippen LogP contribution >= 0.6 is 11.3 Å². The van der Waals surface area contributed by atoms with Crippen molar-refractivity contribution in [3.05, 3.63) is 72.7 Å². The van der Waals surface area contributed by atoms with Crippen LogP contribution in [0.15, 0.2) is 52.2 Å². The van der Waals surface area contributed by atoms with E-state index in [0.29, 0.717) is 29.0 Å². The number of hydrogen-bond acceptors (Lipinski definition) is 9. The summed E-state index contributed by atoms with van der Waals surface area (Å²) in [6, 6.07) is 6.61. The zero-order chi connectivity index (χ0) is 26.1. The van der Waals surface area contributed by atoms with Crippen molar-refractivity contribution in [2.45, 2.75) is 58.5 Å². The molecule has 0 spiro atoms. The Morgan fingerprint density at radius 2 is 2.08 bits per heavy atom. The molecule has 0 fully saturated rings. The van der Waals surface area contributed by atoms with Crippen LogP contribution in [-0.4, -0.2) is 34.5 Å².